The Labute approximate surface area is 110 Å². The Morgan fingerprint density at radius 2 is 2.26 bits per heavy atom. The molecule has 2 aromatic rings. The molecule has 0 aliphatic rings. The van der Waals surface area contributed by atoms with Crippen LogP contribution in [0.15, 0.2) is 29.2 Å². The predicted molar refractivity (Wildman–Crippen MR) is 68.5 cm³/mol. The molecule has 19 heavy (non-hydrogen) atoms. The lowest BCUT2D eigenvalue weighted by molar-refractivity contribution is 0.0949. The number of nitrogens with one attached hydrogen (secondary N) is 2. The number of hydrogen-bond acceptors (Lipinski definition) is 6. The van der Waals surface area contributed by atoms with Crippen molar-refractivity contribution in [1.82, 2.24) is 20.4 Å². The summed E-state index contributed by atoms with van der Waals surface area (Å²) in [6, 6.07) is 3.50. The fourth-order valence-corrected chi connectivity index (χ4v) is 1.42. The Bertz CT molecular complexity index is 509. The van der Waals surface area contributed by atoms with E-state index in [1.54, 1.807) is 12.1 Å². The largest absolute Gasteiger partial charge is 0.370 e. The predicted octanol–water partition coefficient (Wildman–Crippen LogP) is 1.22. The number of aromatic nitrogens is 3. The number of nitrogens with zero attached hydrogens (tertiary/aromatic N) is 3. The van der Waals surface area contributed by atoms with Crippen LogP contribution in [0.4, 0.5) is 5.82 Å². The molecule has 0 unspecified atom stereocenters. The van der Waals surface area contributed by atoms with Gasteiger partial charge in [-0.05, 0) is 18.6 Å². The zero-order valence-electron chi connectivity index (χ0n) is 10.6. The minimum absolute atomic E-state index is 0.223. The second-order valence-corrected chi connectivity index (χ2v) is 3.89. The van der Waals surface area contributed by atoms with Crippen molar-refractivity contribution in [1.29, 1.82) is 0 Å². The van der Waals surface area contributed by atoms with Crippen molar-refractivity contribution in [3.05, 3.63) is 36.1 Å². The number of amides is 1. The maximum Gasteiger partial charge on any atom is 0.253 e. The first-order valence-electron chi connectivity index (χ1n) is 6.03. The van der Waals surface area contributed by atoms with Crippen LogP contribution in [0.1, 0.15) is 29.5 Å². The molecule has 1 amide bonds. The van der Waals surface area contributed by atoms with Gasteiger partial charge in [-0.15, -0.1) is 0 Å². The summed E-state index contributed by atoms with van der Waals surface area (Å²) in [5, 5.41) is 9.42. The van der Waals surface area contributed by atoms with E-state index in [2.05, 4.69) is 37.2 Å². The van der Waals surface area contributed by atoms with Gasteiger partial charge in [0.05, 0.1) is 12.1 Å². The van der Waals surface area contributed by atoms with Crippen LogP contribution >= 0.6 is 0 Å². The molecule has 0 saturated heterocycles. The highest BCUT2D eigenvalue weighted by Crippen LogP contribution is 2.05. The number of carbonyl (C=O) groups is 1. The van der Waals surface area contributed by atoms with E-state index in [9.17, 15) is 4.79 Å². The summed E-state index contributed by atoms with van der Waals surface area (Å²) in [5.74, 6) is 0.971. The molecule has 7 nitrogen and oxygen atoms in total. The van der Waals surface area contributed by atoms with Gasteiger partial charge in [-0.2, -0.15) is 4.98 Å². The third-order valence-corrected chi connectivity index (χ3v) is 2.40. The van der Waals surface area contributed by atoms with E-state index < -0.39 is 0 Å². The van der Waals surface area contributed by atoms with Crippen LogP contribution in [-0.4, -0.2) is 27.6 Å². The first kappa shape index (κ1) is 13.0. The molecule has 0 bridgehead atoms. The lowest BCUT2D eigenvalue weighted by atomic mass is 10.2. The minimum Gasteiger partial charge on any atom is -0.370 e. The molecule has 0 aliphatic carbocycles. The number of anilines is 1. The second kappa shape index (κ2) is 6.48. The van der Waals surface area contributed by atoms with Crippen LogP contribution in [0.25, 0.3) is 0 Å². The quantitative estimate of drug-likeness (QED) is 0.812. The Morgan fingerprint density at radius 3 is 2.89 bits per heavy atom. The molecular weight excluding hydrogens is 246 g/mol. The molecule has 2 heterocycles. The highest BCUT2D eigenvalue weighted by Gasteiger charge is 2.07. The number of carbonyl (C=O) groups excluding carboxylic acids is 1. The number of pyridine rings is 1. The first-order chi connectivity index (χ1) is 9.29. The molecule has 2 rings (SSSR count). The maximum absolute atomic E-state index is 11.8. The van der Waals surface area contributed by atoms with Gasteiger partial charge in [0.1, 0.15) is 5.82 Å². The van der Waals surface area contributed by atoms with Crippen LogP contribution < -0.4 is 10.6 Å². The highest BCUT2D eigenvalue weighted by atomic mass is 16.5. The number of hydrogen-bond donors (Lipinski definition) is 2. The van der Waals surface area contributed by atoms with E-state index in [0.717, 1.165) is 18.8 Å². The van der Waals surface area contributed by atoms with Crippen molar-refractivity contribution in [3.63, 3.8) is 0 Å². The lowest BCUT2D eigenvalue weighted by Crippen LogP contribution is -2.23. The van der Waals surface area contributed by atoms with E-state index in [4.69, 9.17) is 0 Å². The summed E-state index contributed by atoms with van der Waals surface area (Å²) in [6.07, 6.45) is 3.77. The van der Waals surface area contributed by atoms with Gasteiger partial charge >= 0.3 is 0 Å². The van der Waals surface area contributed by atoms with Crippen molar-refractivity contribution in [2.45, 2.75) is 19.9 Å². The molecular formula is C12H15N5O2. The molecule has 0 fully saturated rings. The van der Waals surface area contributed by atoms with Crippen LogP contribution in [0.2, 0.25) is 0 Å². The fourth-order valence-electron chi connectivity index (χ4n) is 1.42. The van der Waals surface area contributed by atoms with E-state index in [1.807, 2.05) is 0 Å². The Morgan fingerprint density at radius 1 is 1.37 bits per heavy atom. The van der Waals surface area contributed by atoms with Gasteiger partial charge in [0.15, 0.2) is 5.82 Å². The molecule has 0 spiro atoms. The van der Waals surface area contributed by atoms with Crippen molar-refractivity contribution in [2.75, 3.05) is 11.9 Å². The van der Waals surface area contributed by atoms with Gasteiger partial charge in [0.2, 0.25) is 6.39 Å². The zero-order chi connectivity index (χ0) is 13.5. The first-order valence-corrected chi connectivity index (χ1v) is 6.03. The Kier molecular flexibility index (Phi) is 4.44. The monoisotopic (exact) mass is 261 g/mol. The minimum atomic E-state index is -0.223. The van der Waals surface area contributed by atoms with Crippen molar-refractivity contribution < 1.29 is 9.32 Å². The van der Waals surface area contributed by atoms with Crippen molar-refractivity contribution in [2.24, 2.45) is 0 Å². The Balaban J connectivity index is 1.88. The summed E-state index contributed by atoms with van der Waals surface area (Å²) in [6.45, 7) is 3.16. The third kappa shape index (κ3) is 3.77. The van der Waals surface area contributed by atoms with E-state index in [0.29, 0.717) is 11.4 Å². The van der Waals surface area contributed by atoms with E-state index in [1.165, 1.54) is 12.6 Å². The molecule has 0 radical (unpaired) electrons. The summed E-state index contributed by atoms with van der Waals surface area (Å²) in [5.41, 5.74) is 0.491. The van der Waals surface area contributed by atoms with Crippen LogP contribution in [0.5, 0.6) is 0 Å². The fraction of sp³-hybridized carbons (Fsp3) is 0.333. The van der Waals surface area contributed by atoms with Crippen LogP contribution in [0, 0.1) is 0 Å². The molecule has 0 atom stereocenters. The molecule has 7 heteroatoms. The molecule has 0 saturated carbocycles. The van der Waals surface area contributed by atoms with E-state index in [-0.39, 0.29) is 12.5 Å². The lowest BCUT2D eigenvalue weighted by Gasteiger charge is -2.05. The summed E-state index contributed by atoms with van der Waals surface area (Å²) < 4.78 is 4.57. The molecule has 2 N–H and O–H groups in total. The summed E-state index contributed by atoms with van der Waals surface area (Å²) in [4.78, 5) is 19.8. The average molecular weight is 261 g/mol. The normalized spacial score (nSPS) is 10.2. The van der Waals surface area contributed by atoms with Gasteiger partial charge in [-0.1, -0.05) is 12.1 Å². The van der Waals surface area contributed by atoms with Gasteiger partial charge in [0.25, 0.3) is 5.91 Å². The maximum atomic E-state index is 11.8. The SMILES string of the molecule is CCCNc1ccc(C(=O)NCc2ncon2)cn1. The van der Waals surface area contributed by atoms with Crippen LogP contribution in [0.3, 0.4) is 0 Å². The van der Waals surface area contributed by atoms with Gasteiger partial charge in [0, 0.05) is 12.7 Å². The molecule has 100 valence electrons. The molecule has 0 aromatic carbocycles. The molecule has 2 aromatic heterocycles. The molecule has 0 aliphatic heterocycles. The highest BCUT2D eigenvalue weighted by molar-refractivity contribution is 5.93. The zero-order valence-corrected chi connectivity index (χ0v) is 10.6. The third-order valence-electron chi connectivity index (χ3n) is 2.40. The van der Waals surface area contributed by atoms with Crippen LogP contribution in [-0.2, 0) is 6.54 Å². The summed E-state index contributed by atoms with van der Waals surface area (Å²) >= 11 is 0. The summed E-state index contributed by atoms with van der Waals surface area (Å²) in [7, 11) is 0. The van der Waals surface area contributed by atoms with Crippen molar-refractivity contribution in [3.8, 4) is 0 Å². The van der Waals surface area contributed by atoms with Gasteiger partial charge in [-0.3, -0.25) is 4.79 Å². The van der Waals surface area contributed by atoms with E-state index >= 15 is 0 Å². The Hall–Kier alpha value is -2.44. The second-order valence-electron chi connectivity index (χ2n) is 3.89. The smallest absolute Gasteiger partial charge is 0.253 e. The number of rotatable bonds is 6. The van der Waals surface area contributed by atoms with Gasteiger partial charge in [-0.25, -0.2) is 4.98 Å². The van der Waals surface area contributed by atoms with Crippen molar-refractivity contribution >= 4 is 11.7 Å². The average Bonchev–Trinajstić information content (AvgIpc) is 2.96. The topological polar surface area (TPSA) is 92.9 Å². The van der Waals surface area contributed by atoms with Gasteiger partial charge < -0.3 is 15.2 Å². The standard InChI is InChI=1S/C12H15N5O2/c1-2-5-13-10-4-3-9(6-14-10)12(18)15-7-11-16-8-19-17-11/h3-4,6,8H,2,5,7H2,1H3,(H,13,14)(H,15,18).